The van der Waals surface area contributed by atoms with Crippen LogP contribution < -0.4 is 0 Å². The number of hydrogen-bond donors (Lipinski definition) is 1. The van der Waals surface area contributed by atoms with Gasteiger partial charge in [-0.05, 0) is 12.1 Å². The van der Waals surface area contributed by atoms with E-state index in [4.69, 9.17) is 5.11 Å². The second-order valence-corrected chi connectivity index (χ2v) is 4.33. The fraction of sp³-hybridized carbons (Fsp3) is 0.308. The first-order chi connectivity index (χ1) is 9.97. The smallest absolute Gasteiger partial charge is 0.335 e. The second-order valence-electron chi connectivity index (χ2n) is 4.33. The van der Waals surface area contributed by atoms with Gasteiger partial charge in [0.2, 0.25) is 0 Å². The van der Waals surface area contributed by atoms with Crippen molar-refractivity contribution >= 4 is 11.7 Å². The highest BCUT2D eigenvalue weighted by molar-refractivity contribution is 5.89. The maximum absolute atomic E-state index is 11.1. The van der Waals surface area contributed by atoms with Crippen LogP contribution in [0.3, 0.4) is 0 Å². The number of nitro benzene ring substituents is 1. The van der Waals surface area contributed by atoms with Gasteiger partial charge in [0.15, 0.2) is 5.82 Å². The molecule has 110 valence electrons. The van der Waals surface area contributed by atoms with Gasteiger partial charge in [-0.3, -0.25) is 10.1 Å². The number of aromatic carboxylic acids is 1. The number of benzene rings is 1. The molecule has 1 N–H and O–H groups in total. The third kappa shape index (κ3) is 2.73. The van der Waals surface area contributed by atoms with E-state index in [0.29, 0.717) is 24.5 Å². The van der Waals surface area contributed by atoms with Crippen LogP contribution in [-0.2, 0) is 12.8 Å². The molecule has 1 aromatic heterocycles. The van der Waals surface area contributed by atoms with E-state index in [1.807, 2.05) is 13.8 Å². The first kappa shape index (κ1) is 14.6. The number of aryl methyl sites for hydroxylation is 2. The molecule has 21 heavy (non-hydrogen) atoms. The molecule has 1 heterocycles. The summed E-state index contributed by atoms with van der Waals surface area (Å²) in [6, 6.07) is 3.62. The Kier molecular flexibility index (Phi) is 3.97. The molecule has 0 saturated heterocycles. The number of carboxylic acids is 1. The van der Waals surface area contributed by atoms with E-state index in [0.717, 1.165) is 0 Å². The molecule has 2 aromatic rings. The van der Waals surface area contributed by atoms with Crippen molar-refractivity contribution < 1.29 is 14.8 Å². The molecular formula is C13H14N4O4. The molecule has 2 rings (SSSR count). The van der Waals surface area contributed by atoms with Gasteiger partial charge in [-0.15, -0.1) is 0 Å². The van der Waals surface area contributed by atoms with Crippen LogP contribution in [0.25, 0.3) is 5.69 Å². The lowest BCUT2D eigenvalue weighted by molar-refractivity contribution is -0.384. The Hall–Kier alpha value is -2.77. The van der Waals surface area contributed by atoms with Crippen molar-refractivity contribution in [2.45, 2.75) is 26.7 Å². The van der Waals surface area contributed by atoms with Gasteiger partial charge in [0.1, 0.15) is 11.5 Å². The number of carbonyl (C=O) groups is 1. The summed E-state index contributed by atoms with van der Waals surface area (Å²) >= 11 is 0. The van der Waals surface area contributed by atoms with E-state index in [-0.39, 0.29) is 16.9 Å². The van der Waals surface area contributed by atoms with Gasteiger partial charge in [0.25, 0.3) is 5.69 Å². The molecule has 0 aliphatic carbocycles. The highest BCUT2D eigenvalue weighted by atomic mass is 16.6. The van der Waals surface area contributed by atoms with Crippen LogP contribution >= 0.6 is 0 Å². The van der Waals surface area contributed by atoms with Gasteiger partial charge < -0.3 is 5.11 Å². The van der Waals surface area contributed by atoms with Gasteiger partial charge in [-0.2, -0.15) is 5.10 Å². The largest absolute Gasteiger partial charge is 0.478 e. The highest BCUT2D eigenvalue weighted by Gasteiger charge is 2.21. The van der Waals surface area contributed by atoms with Crippen LogP contribution in [-0.4, -0.2) is 30.8 Å². The van der Waals surface area contributed by atoms with Gasteiger partial charge in [0.05, 0.1) is 10.5 Å². The monoisotopic (exact) mass is 290 g/mol. The number of carboxylic acid groups (broad SMARTS) is 1. The summed E-state index contributed by atoms with van der Waals surface area (Å²) in [6.07, 6.45) is 1.12. The average Bonchev–Trinajstić information content (AvgIpc) is 2.89. The molecule has 0 atom stereocenters. The Morgan fingerprint density at radius 3 is 2.62 bits per heavy atom. The standard InChI is InChI=1S/C13H14N4O4/c1-3-11-14-12(4-2)16(15-11)10-7-8(13(18)19)5-6-9(10)17(20)21/h5-7H,3-4H2,1-2H3,(H,18,19). The fourth-order valence-corrected chi connectivity index (χ4v) is 1.94. The topological polar surface area (TPSA) is 111 Å². The van der Waals surface area contributed by atoms with E-state index in [1.54, 1.807) is 0 Å². The molecule has 0 unspecified atom stereocenters. The Morgan fingerprint density at radius 2 is 2.10 bits per heavy atom. The zero-order chi connectivity index (χ0) is 15.6. The van der Waals surface area contributed by atoms with Gasteiger partial charge in [-0.25, -0.2) is 14.5 Å². The molecule has 0 radical (unpaired) electrons. The summed E-state index contributed by atoms with van der Waals surface area (Å²) in [7, 11) is 0. The highest BCUT2D eigenvalue weighted by Crippen LogP contribution is 2.25. The number of aromatic nitrogens is 3. The third-order valence-electron chi connectivity index (χ3n) is 3.00. The Bertz CT molecular complexity index is 708. The SMILES string of the molecule is CCc1nc(CC)n(-c2cc(C(=O)O)ccc2[N+](=O)[O-])n1. The van der Waals surface area contributed by atoms with Crippen molar-refractivity contribution in [2.24, 2.45) is 0 Å². The minimum Gasteiger partial charge on any atom is -0.478 e. The van der Waals surface area contributed by atoms with E-state index < -0.39 is 10.9 Å². The zero-order valence-corrected chi connectivity index (χ0v) is 11.6. The second kappa shape index (κ2) is 5.70. The third-order valence-corrected chi connectivity index (χ3v) is 3.00. The summed E-state index contributed by atoms with van der Waals surface area (Å²) in [4.78, 5) is 25.9. The molecule has 0 aliphatic heterocycles. The molecule has 1 aromatic carbocycles. The average molecular weight is 290 g/mol. The van der Waals surface area contributed by atoms with Crippen molar-refractivity contribution in [2.75, 3.05) is 0 Å². The minimum absolute atomic E-state index is 0.0359. The molecule has 0 spiro atoms. The maximum atomic E-state index is 11.1. The Morgan fingerprint density at radius 1 is 1.38 bits per heavy atom. The van der Waals surface area contributed by atoms with E-state index >= 15 is 0 Å². The quantitative estimate of drug-likeness (QED) is 0.666. The van der Waals surface area contributed by atoms with Crippen molar-refractivity contribution in [3.8, 4) is 5.69 Å². The van der Waals surface area contributed by atoms with Crippen LogP contribution in [0.4, 0.5) is 5.69 Å². The molecule has 0 bridgehead atoms. The lowest BCUT2D eigenvalue weighted by atomic mass is 10.1. The molecule has 0 fully saturated rings. The molecule has 8 nitrogen and oxygen atoms in total. The number of nitrogens with zero attached hydrogens (tertiary/aromatic N) is 4. The zero-order valence-electron chi connectivity index (χ0n) is 11.6. The van der Waals surface area contributed by atoms with Crippen molar-refractivity contribution in [1.29, 1.82) is 0 Å². The van der Waals surface area contributed by atoms with Crippen LogP contribution in [0.2, 0.25) is 0 Å². The number of hydrogen-bond acceptors (Lipinski definition) is 5. The summed E-state index contributed by atoms with van der Waals surface area (Å²) in [6.45, 7) is 3.73. The fourth-order valence-electron chi connectivity index (χ4n) is 1.94. The summed E-state index contributed by atoms with van der Waals surface area (Å²) in [5.41, 5.74) is -0.127. The first-order valence-corrected chi connectivity index (χ1v) is 6.44. The molecule has 0 aliphatic rings. The number of rotatable bonds is 5. The minimum atomic E-state index is -1.15. The van der Waals surface area contributed by atoms with E-state index in [9.17, 15) is 14.9 Å². The van der Waals surface area contributed by atoms with E-state index in [1.165, 1.54) is 22.9 Å². The molecular weight excluding hydrogens is 276 g/mol. The Balaban J connectivity index is 2.70. The lowest BCUT2D eigenvalue weighted by Crippen LogP contribution is -2.08. The van der Waals surface area contributed by atoms with Crippen molar-refractivity contribution in [3.63, 3.8) is 0 Å². The predicted molar refractivity (Wildman–Crippen MR) is 73.7 cm³/mol. The molecule has 0 saturated carbocycles. The van der Waals surface area contributed by atoms with Crippen LogP contribution in [0.1, 0.15) is 35.9 Å². The van der Waals surface area contributed by atoms with Crippen molar-refractivity contribution in [3.05, 3.63) is 45.5 Å². The van der Waals surface area contributed by atoms with Crippen LogP contribution in [0, 0.1) is 10.1 Å². The van der Waals surface area contributed by atoms with Crippen molar-refractivity contribution in [1.82, 2.24) is 14.8 Å². The summed E-state index contributed by atoms with van der Waals surface area (Å²) < 4.78 is 1.35. The number of nitro groups is 1. The molecule has 0 amide bonds. The van der Waals surface area contributed by atoms with Gasteiger partial charge >= 0.3 is 5.97 Å². The maximum Gasteiger partial charge on any atom is 0.335 e. The normalized spacial score (nSPS) is 10.6. The Labute approximate surface area is 120 Å². The van der Waals surface area contributed by atoms with Crippen LogP contribution in [0.5, 0.6) is 0 Å². The summed E-state index contributed by atoms with van der Waals surface area (Å²) in [5.74, 6) is -0.0422. The summed E-state index contributed by atoms with van der Waals surface area (Å²) in [5, 5.41) is 24.4. The molecule has 8 heteroatoms. The predicted octanol–water partition coefficient (Wildman–Crippen LogP) is 2.00. The first-order valence-electron chi connectivity index (χ1n) is 6.44. The van der Waals surface area contributed by atoms with Gasteiger partial charge in [-0.1, -0.05) is 13.8 Å². The van der Waals surface area contributed by atoms with Gasteiger partial charge in [0, 0.05) is 18.9 Å². The van der Waals surface area contributed by atoms with E-state index in [2.05, 4.69) is 10.1 Å². The van der Waals surface area contributed by atoms with Crippen LogP contribution in [0.15, 0.2) is 18.2 Å². The lowest BCUT2D eigenvalue weighted by Gasteiger charge is -2.06.